The molecule has 0 saturated carbocycles. The van der Waals surface area contributed by atoms with Crippen molar-refractivity contribution >= 4 is 5.97 Å². The highest BCUT2D eigenvalue weighted by Gasteiger charge is 2.35. The quantitative estimate of drug-likeness (QED) is 0.727. The van der Waals surface area contributed by atoms with Gasteiger partial charge < -0.3 is 10.1 Å². The first kappa shape index (κ1) is 9.85. The summed E-state index contributed by atoms with van der Waals surface area (Å²) in [4.78, 5) is 11.5. The van der Waals surface area contributed by atoms with E-state index >= 15 is 0 Å². The predicted octanol–water partition coefficient (Wildman–Crippen LogP) is 1.68. The summed E-state index contributed by atoms with van der Waals surface area (Å²) in [5.41, 5.74) is 3.34. The molecule has 2 atom stereocenters. The maximum Gasteiger partial charge on any atom is 0.337 e. The van der Waals surface area contributed by atoms with E-state index in [4.69, 9.17) is 4.74 Å². The average Bonchev–Trinajstić information content (AvgIpc) is 2.87. The Morgan fingerprint density at radius 1 is 1.50 bits per heavy atom. The molecule has 0 bridgehead atoms. The second-order valence-electron chi connectivity index (χ2n) is 4.59. The first-order valence-corrected chi connectivity index (χ1v) is 5.74. The maximum absolute atomic E-state index is 11.5. The molecule has 0 radical (unpaired) electrons. The van der Waals surface area contributed by atoms with Crippen molar-refractivity contribution in [2.24, 2.45) is 5.92 Å². The first-order valence-electron chi connectivity index (χ1n) is 5.74. The Bertz CT molecular complexity index is 442. The van der Waals surface area contributed by atoms with Crippen molar-refractivity contribution in [3.8, 4) is 0 Å². The lowest BCUT2D eigenvalue weighted by molar-refractivity contribution is 0.0600. The SMILES string of the molecule is COC(=O)c1ccc2c(c1)C1NCCC1C2. The van der Waals surface area contributed by atoms with Crippen LogP contribution in [0.5, 0.6) is 0 Å². The molecule has 0 amide bonds. The van der Waals surface area contributed by atoms with Crippen LogP contribution in [0.15, 0.2) is 18.2 Å². The molecule has 3 heteroatoms. The number of benzene rings is 1. The molecule has 1 N–H and O–H groups in total. The van der Waals surface area contributed by atoms with Gasteiger partial charge in [-0.3, -0.25) is 0 Å². The number of carbonyl (C=O) groups is 1. The Kier molecular flexibility index (Phi) is 2.21. The van der Waals surface area contributed by atoms with Crippen LogP contribution >= 0.6 is 0 Å². The molecule has 1 aromatic rings. The zero-order valence-electron chi connectivity index (χ0n) is 9.32. The molecule has 2 unspecified atom stereocenters. The lowest BCUT2D eigenvalue weighted by Gasteiger charge is -2.11. The zero-order valence-corrected chi connectivity index (χ0v) is 9.32. The van der Waals surface area contributed by atoms with Gasteiger partial charge in [-0.2, -0.15) is 0 Å². The van der Waals surface area contributed by atoms with E-state index in [-0.39, 0.29) is 5.97 Å². The van der Waals surface area contributed by atoms with Crippen LogP contribution in [0, 0.1) is 5.92 Å². The Morgan fingerprint density at radius 3 is 3.19 bits per heavy atom. The van der Waals surface area contributed by atoms with Crippen LogP contribution in [0.3, 0.4) is 0 Å². The average molecular weight is 217 g/mol. The van der Waals surface area contributed by atoms with Gasteiger partial charge in [0.05, 0.1) is 12.7 Å². The summed E-state index contributed by atoms with van der Waals surface area (Å²) in [7, 11) is 1.42. The van der Waals surface area contributed by atoms with E-state index < -0.39 is 0 Å². The molecule has 2 aliphatic rings. The summed E-state index contributed by atoms with van der Waals surface area (Å²) < 4.78 is 4.75. The smallest absolute Gasteiger partial charge is 0.337 e. The molecular weight excluding hydrogens is 202 g/mol. The second kappa shape index (κ2) is 3.59. The van der Waals surface area contributed by atoms with Gasteiger partial charge in [0.25, 0.3) is 0 Å². The fraction of sp³-hybridized carbons (Fsp3) is 0.462. The minimum atomic E-state index is -0.246. The van der Waals surface area contributed by atoms with Crippen molar-refractivity contribution in [1.82, 2.24) is 5.32 Å². The number of hydrogen-bond acceptors (Lipinski definition) is 3. The minimum Gasteiger partial charge on any atom is -0.465 e. The van der Waals surface area contributed by atoms with Crippen LogP contribution < -0.4 is 5.32 Å². The van der Waals surface area contributed by atoms with Gasteiger partial charge in [-0.25, -0.2) is 4.79 Å². The highest BCUT2D eigenvalue weighted by Crippen LogP contribution is 2.41. The van der Waals surface area contributed by atoms with Gasteiger partial charge >= 0.3 is 5.97 Å². The highest BCUT2D eigenvalue weighted by molar-refractivity contribution is 5.89. The molecule has 84 valence electrons. The van der Waals surface area contributed by atoms with Gasteiger partial charge in [0, 0.05) is 6.04 Å². The molecule has 3 rings (SSSR count). The third kappa shape index (κ3) is 1.35. The predicted molar refractivity (Wildman–Crippen MR) is 60.3 cm³/mol. The lowest BCUT2D eigenvalue weighted by atomic mass is 10.0. The molecule has 1 heterocycles. The van der Waals surface area contributed by atoms with E-state index in [1.54, 1.807) is 0 Å². The van der Waals surface area contributed by atoms with Gasteiger partial charge in [-0.1, -0.05) is 6.07 Å². The van der Waals surface area contributed by atoms with Crippen molar-refractivity contribution in [2.75, 3.05) is 13.7 Å². The summed E-state index contributed by atoms with van der Waals surface area (Å²) in [5.74, 6) is 0.479. The van der Waals surface area contributed by atoms with Crippen molar-refractivity contribution in [3.05, 3.63) is 34.9 Å². The fourth-order valence-electron chi connectivity index (χ4n) is 2.94. The topological polar surface area (TPSA) is 38.3 Å². The number of nitrogens with one attached hydrogen (secondary N) is 1. The van der Waals surface area contributed by atoms with Gasteiger partial charge in [0.2, 0.25) is 0 Å². The summed E-state index contributed by atoms with van der Waals surface area (Å²) in [6, 6.07) is 6.39. The molecule has 1 aliphatic carbocycles. The molecule has 1 aromatic carbocycles. The molecule has 16 heavy (non-hydrogen) atoms. The van der Waals surface area contributed by atoms with Gasteiger partial charge in [0.15, 0.2) is 0 Å². The summed E-state index contributed by atoms with van der Waals surface area (Å²) in [6.45, 7) is 1.09. The normalized spacial score (nSPS) is 26.3. The van der Waals surface area contributed by atoms with E-state index in [0.717, 1.165) is 18.9 Å². The molecule has 1 fully saturated rings. The second-order valence-corrected chi connectivity index (χ2v) is 4.59. The number of esters is 1. The molecule has 1 aliphatic heterocycles. The number of hydrogen-bond donors (Lipinski definition) is 1. The molecule has 0 aromatic heterocycles. The Morgan fingerprint density at radius 2 is 2.38 bits per heavy atom. The standard InChI is InChI=1S/C13H15NO2/c1-16-13(15)10-3-2-8-6-9-4-5-14-12(9)11(8)7-10/h2-3,7,9,12,14H,4-6H2,1H3. The van der Waals surface area contributed by atoms with Crippen LogP contribution in [0.2, 0.25) is 0 Å². The maximum atomic E-state index is 11.5. The first-order chi connectivity index (χ1) is 7.79. The summed E-state index contributed by atoms with van der Waals surface area (Å²) >= 11 is 0. The fourth-order valence-corrected chi connectivity index (χ4v) is 2.94. The summed E-state index contributed by atoms with van der Waals surface area (Å²) in [5, 5.41) is 3.51. The van der Waals surface area contributed by atoms with E-state index in [1.165, 1.54) is 24.7 Å². The zero-order chi connectivity index (χ0) is 11.1. The highest BCUT2D eigenvalue weighted by atomic mass is 16.5. The van der Waals surface area contributed by atoms with Crippen LogP contribution in [-0.2, 0) is 11.2 Å². The summed E-state index contributed by atoms with van der Waals surface area (Å²) in [6.07, 6.45) is 2.39. The Balaban J connectivity index is 1.99. The van der Waals surface area contributed by atoms with E-state index in [2.05, 4.69) is 11.4 Å². The minimum absolute atomic E-state index is 0.246. The van der Waals surface area contributed by atoms with Crippen LogP contribution in [-0.4, -0.2) is 19.6 Å². The van der Waals surface area contributed by atoms with Crippen LogP contribution in [0.4, 0.5) is 0 Å². The lowest BCUT2D eigenvalue weighted by Crippen LogP contribution is -2.14. The van der Waals surface area contributed by atoms with Gasteiger partial charge in [-0.15, -0.1) is 0 Å². The Labute approximate surface area is 94.8 Å². The van der Waals surface area contributed by atoms with Crippen molar-refractivity contribution in [2.45, 2.75) is 18.9 Å². The molecule has 0 spiro atoms. The van der Waals surface area contributed by atoms with Crippen molar-refractivity contribution in [1.29, 1.82) is 0 Å². The number of methoxy groups -OCH3 is 1. The monoisotopic (exact) mass is 217 g/mol. The van der Waals surface area contributed by atoms with E-state index in [0.29, 0.717) is 11.6 Å². The van der Waals surface area contributed by atoms with E-state index in [1.807, 2.05) is 12.1 Å². The molecular formula is C13H15NO2. The van der Waals surface area contributed by atoms with Crippen molar-refractivity contribution in [3.63, 3.8) is 0 Å². The van der Waals surface area contributed by atoms with Crippen molar-refractivity contribution < 1.29 is 9.53 Å². The van der Waals surface area contributed by atoms with Crippen LogP contribution in [0.25, 0.3) is 0 Å². The third-order valence-electron chi connectivity index (χ3n) is 3.73. The number of rotatable bonds is 1. The van der Waals surface area contributed by atoms with Gasteiger partial charge in [0.1, 0.15) is 0 Å². The largest absolute Gasteiger partial charge is 0.465 e. The van der Waals surface area contributed by atoms with Gasteiger partial charge in [-0.05, 0) is 48.6 Å². The van der Waals surface area contributed by atoms with E-state index in [9.17, 15) is 4.79 Å². The third-order valence-corrected chi connectivity index (χ3v) is 3.73. The Hall–Kier alpha value is -1.35. The molecule has 1 saturated heterocycles. The number of ether oxygens (including phenoxy) is 1. The number of fused-ring (bicyclic) bond motifs is 3. The van der Waals surface area contributed by atoms with Crippen LogP contribution in [0.1, 0.15) is 33.9 Å². The number of carbonyl (C=O) groups excluding carboxylic acids is 1. The molecule has 3 nitrogen and oxygen atoms in total.